The van der Waals surface area contributed by atoms with E-state index < -0.39 is 108 Å². The molecule has 0 saturated carbocycles. The minimum Gasteiger partial charge on any atom is -0.282 e. The maximum absolute atomic E-state index is 12.2. The van der Waals surface area contributed by atoms with Crippen LogP contribution >= 0.6 is 45.2 Å². The first-order valence-corrected chi connectivity index (χ1v) is 18.9. The highest BCUT2D eigenvalue weighted by atomic mass is 127. The number of benzene rings is 2. The van der Waals surface area contributed by atoms with Crippen molar-refractivity contribution in [2.75, 3.05) is 0 Å². The van der Waals surface area contributed by atoms with Gasteiger partial charge in [-0.25, -0.2) is 0 Å². The molecule has 26 heteroatoms. The number of halogens is 2. The van der Waals surface area contributed by atoms with E-state index in [1.165, 1.54) is 0 Å². The van der Waals surface area contributed by atoms with Crippen LogP contribution in [0.2, 0.25) is 0 Å². The molecule has 2 aromatic rings. The van der Waals surface area contributed by atoms with Crippen LogP contribution in [0.15, 0.2) is 41.5 Å². The van der Waals surface area contributed by atoms with E-state index in [4.69, 9.17) is 0 Å². The fourth-order valence-corrected chi connectivity index (χ4v) is 13.0. The third kappa shape index (κ3) is 6.63. The van der Waals surface area contributed by atoms with Crippen molar-refractivity contribution in [1.29, 1.82) is 0 Å². The summed E-state index contributed by atoms with van der Waals surface area (Å²) in [5, 5.41) is 0. The summed E-state index contributed by atoms with van der Waals surface area (Å²) in [5.74, 6) is 0. The van der Waals surface area contributed by atoms with E-state index in [1.54, 1.807) is 0 Å². The minimum atomic E-state index is -6.07. The Morgan fingerprint density at radius 2 is 0.605 bits per heavy atom. The molecular weight excluding hydrogens is 878 g/mol. The van der Waals surface area contributed by atoms with Gasteiger partial charge in [-0.05, 0) is 57.3 Å². The maximum atomic E-state index is 12.2. The van der Waals surface area contributed by atoms with Gasteiger partial charge in [0.05, 0.1) is 7.14 Å². The van der Waals surface area contributed by atoms with E-state index in [2.05, 4.69) is 0 Å². The molecule has 38 heavy (non-hydrogen) atoms. The highest BCUT2D eigenvalue weighted by Crippen LogP contribution is 2.45. The summed E-state index contributed by atoms with van der Waals surface area (Å²) < 4.78 is 200. The Hall–Kier alpha value is -0.640. The summed E-state index contributed by atoms with van der Waals surface area (Å²) in [6.07, 6.45) is 0. The van der Waals surface area contributed by atoms with E-state index in [0.29, 0.717) is 0 Å². The molecule has 0 aliphatic heterocycles. The van der Waals surface area contributed by atoms with Gasteiger partial charge in [0, 0.05) is 11.1 Å². The fraction of sp³-hybridized carbons (Fsp3) is 0. The van der Waals surface area contributed by atoms with Crippen molar-refractivity contribution < 1.29 is 77.8 Å². The lowest BCUT2D eigenvalue weighted by Crippen LogP contribution is -2.19. The number of hydrogen-bond acceptors (Lipinski definition) is 12. The smallest absolute Gasteiger partial charge is 0.282 e. The molecular formula is C12H8I2O18S6. The van der Waals surface area contributed by atoms with Crippen molar-refractivity contribution in [3.05, 3.63) is 19.3 Å². The monoisotopic (exact) mass is 886 g/mol. The largest absolute Gasteiger partial charge is 0.297 e. The third-order valence-electron chi connectivity index (χ3n) is 4.16. The normalized spacial score (nSPS) is 14.0. The van der Waals surface area contributed by atoms with Gasteiger partial charge < -0.3 is 0 Å². The molecule has 0 amide bonds. The molecule has 2 aromatic carbocycles. The second-order valence-electron chi connectivity index (χ2n) is 6.64. The van der Waals surface area contributed by atoms with Crippen molar-refractivity contribution in [3.63, 3.8) is 0 Å². The second-order valence-corrected chi connectivity index (χ2v) is 17.0. The van der Waals surface area contributed by atoms with Gasteiger partial charge in [0.25, 0.3) is 60.7 Å². The Morgan fingerprint density at radius 1 is 0.395 bits per heavy atom. The van der Waals surface area contributed by atoms with Crippen LogP contribution < -0.4 is 0 Å². The Kier molecular flexibility index (Phi) is 8.85. The third-order valence-corrected chi connectivity index (χ3v) is 13.6. The summed E-state index contributed by atoms with van der Waals surface area (Å²) in [5.41, 5.74) is -3.54. The van der Waals surface area contributed by atoms with Crippen LogP contribution in [0.25, 0.3) is 11.1 Å². The molecule has 0 aromatic heterocycles. The Balaban J connectivity index is 3.73. The molecule has 18 nitrogen and oxygen atoms in total. The van der Waals surface area contributed by atoms with Crippen molar-refractivity contribution in [1.82, 2.24) is 0 Å². The second kappa shape index (κ2) is 10.0. The fourth-order valence-electron chi connectivity index (χ4n) is 2.94. The number of hydrogen-bond donors (Lipinski definition) is 6. The predicted molar refractivity (Wildman–Crippen MR) is 136 cm³/mol. The van der Waals surface area contributed by atoms with Gasteiger partial charge in [0.2, 0.25) is 0 Å². The molecule has 0 bridgehead atoms. The van der Waals surface area contributed by atoms with Crippen molar-refractivity contribution in [3.8, 4) is 11.1 Å². The molecule has 0 heterocycles. The van der Waals surface area contributed by atoms with Crippen LogP contribution in [0.4, 0.5) is 0 Å². The summed E-state index contributed by atoms with van der Waals surface area (Å²) in [4.78, 5) is -11.5. The molecule has 214 valence electrons. The number of rotatable bonds is 7. The molecule has 0 aliphatic carbocycles. The van der Waals surface area contributed by atoms with E-state index in [9.17, 15) is 77.8 Å². The lowest BCUT2D eigenvalue weighted by molar-refractivity contribution is 0.462. The lowest BCUT2D eigenvalue weighted by atomic mass is 10.1. The van der Waals surface area contributed by atoms with Gasteiger partial charge in [-0.15, -0.1) is 0 Å². The van der Waals surface area contributed by atoms with E-state index in [1.807, 2.05) is 0 Å². The van der Waals surface area contributed by atoms with Gasteiger partial charge in [0.15, 0.2) is 0 Å². The van der Waals surface area contributed by atoms with E-state index >= 15 is 0 Å². The van der Waals surface area contributed by atoms with Crippen LogP contribution in [0, 0.1) is 7.14 Å². The van der Waals surface area contributed by atoms with Crippen molar-refractivity contribution in [2.24, 2.45) is 0 Å². The first kappa shape index (κ1) is 33.6. The Bertz CT molecular complexity index is 1910. The molecule has 0 radical (unpaired) electrons. The molecule has 0 aliphatic rings. The molecule has 0 unspecified atom stereocenters. The highest BCUT2D eigenvalue weighted by Gasteiger charge is 2.40. The van der Waals surface area contributed by atoms with E-state index in [0.717, 1.165) is 45.2 Å². The predicted octanol–water partition coefficient (Wildman–Crippen LogP) is 0.0430. The zero-order valence-electron chi connectivity index (χ0n) is 16.9. The van der Waals surface area contributed by atoms with Gasteiger partial charge in [0.1, 0.15) is 29.4 Å². The van der Waals surface area contributed by atoms with Crippen molar-refractivity contribution in [2.45, 2.75) is 29.4 Å². The average Bonchev–Trinajstić information content (AvgIpc) is 2.61. The Labute approximate surface area is 241 Å². The average molecular weight is 886 g/mol. The maximum Gasteiger partial charge on any atom is 0.297 e. The minimum absolute atomic E-state index is 0.104. The van der Waals surface area contributed by atoms with Gasteiger partial charge in [-0.3, -0.25) is 27.3 Å². The van der Waals surface area contributed by atoms with Crippen molar-refractivity contribution >= 4 is 106 Å². The zero-order chi connectivity index (χ0) is 30.2. The van der Waals surface area contributed by atoms with Gasteiger partial charge in [-0.1, -0.05) is 0 Å². The standard InChI is InChI=1S/C12H8I2O18S6/c13-7-5(33(15,16)17)1-3(9(35(21,22)23)11(7)37(27,28)29)4-2-6(34(18,19)20)8(14)12(38(30,31)32)10(4)36(24,25)26/h1-2H,(H,15,16,17)(H,18,19,20)(H,21,22,23)(H,24,25,26)(H,27,28,29)(H,30,31,32). The SMILES string of the molecule is O=S(=O)(O)c1cc(-c2cc(S(=O)(=O)O)c(I)c(S(=O)(=O)O)c2S(=O)(=O)O)c(S(=O)(=O)O)c(S(=O)(=O)O)c1I. The van der Waals surface area contributed by atoms with Crippen LogP contribution in [0.3, 0.4) is 0 Å². The highest BCUT2D eigenvalue weighted by molar-refractivity contribution is 14.1. The van der Waals surface area contributed by atoms with Crippen LogP contribution in [0.5, 0.6) is 0 Å². The zero-order valence-corrected chi connectivity index (χ0v) is 26.2. The Morgan fingerprint density at radius 3 is 0.763 bits per heavy atom. The molecule has 0 fully saturated rings. The first-order chi connectivity index (χ1) is 16.5. The summed E-state index contributed by atoms with van der Waals surface area (Å²) in [7, 11) is -35.4. The van der Waals surface area contributed by atoms with Gasteiger partial charge in [-0.2, -0.15) is 50.5 Å². The molecule has 6 N–H and O–H groups in total. The van der Waals surface area contributed by atoms with Crippen LogP contribution in [-0.2, 0) is 60.7 Å². The molecule has 0 atom stereocenters. The first-order valence-electron chi connectivity index (χ1n) is 8.10. The van der Waals surface area contributed by atoms with Gasteiger partial charge >= 0.3 is 0 Å². The topological polar surface area (TPSA) is 326 Å². The molecule has 0 spiro atoms. The van der Waals surface area contributed by atoms with Crippen LogP contribution in [-0.4, -0.2) is 77.8 Å². The molecule has 0 saturated heterocycles. The summed E-state index contributed by atoms with van der Waals surface area (Å²) >= 11 is 1.54. The molecule has 2 rings (SSSR count). The van der Waals surface area contributed by atoms with E-state index in [-0.39, 0.29) is 12.1 Å². The summed E-state index contributed by atoms with van der Waals surface area (Å²) in [6.45, 7) is 0. The quantitative estimate of drug-likeness (QED) is 0.158. The summed E-state index contributed by atoms with van der Waals surface area (Å²) in [6, 6.07) is -0.208. The van der Waals surface area contributed by atoms with Crippen LogP contribution in [0.1, 0.15) is 0 Å². The lowest BCUT2D eigenvalue weighted by Gasteiger charge is -2.19.